The Labute approximate surface area is 143 Å². The van der Waals surface area contributed by atoms with E-state index in [1.54, 1.807) is 17.1 Å². The Morgan fingerprint density at radius 2 is 2.17 bits per heavy atom. The number of carbonyl (C=O) groups is 2. The number of rotatable bonds is 8. The molecule has 1 heterocycles. The summed E-state index contributed by atoms with van der Waals surface area (Å²) in [4.78, 5) is 25.0. The fraction of sp³-hybridized carbons (Fsp3) is 0.667. The number of carboxylic acids is 1. The highest BCUT2D eigenvalue weighted by atomic mass is 79.9. The van der Waals surface area contributed by atoms with Gasteiger partial charge in [0.15, 0.2) is 0 Å². The summed E-state index contributed by atoms with van der Waals surface area (Å²) in [6.07, 6.45) is 7.48. The van der Waals surface area contributed by atoms with Crippen molar-refractivity contribution in [1.82, 2.24) is 20.0 Å². The first kappa shape index (κ1) is 16.4. The summed E-state index contributed by atoms with van der Waals surface area (Å²) < 4.78 is 2.43. The Kier molecular flexibility index (Phi) is 5.01. The van der Waals surface area contributed by atoms with Gasteiger partial charge < -0.3 is 10.4 Å². The first-order chi connectivity index (χ1) is 11.0. The van der Waals surface area contributed by atoms with Crippen LogP contribution in [0.25, 0.3) is 0 Å². The molecule has 0 unspecified atom stereocenters. The molecule has 0 spiro atoms. The van der Waals surface area contributed by atoms with Gasteiger partial charge in [-0.2, -0.15) is 5.10 Å². The Balaban J connectivity index is 1.41. The molecule has 2 aliphatic rings. The van der Waals surface area contributed by atoms with Crippen molar-refractivity contribution in [2.75, 3.05) is 13.1 Å². The SMILES string of the molecule is O=C(O)CN(CC1CC1)C1CC(NC(=O)Cn2cc(Br)cn2)C1. The van der Waals surface area contributed by atoms with E-state index in [2.05, 4.69) is 31.2 Å². The van der Waals surface area contributed by atoms with Crippen LogP contribution in [0.1, 0.15) is 25.7 Å². The van der Waals surface area contributed by atoms with E-state index in [1.807, 2.05) is 0 Å². The van der Waals surface area contributed by atoms with Crippen LogP contribution in [-0.2, 0) is 16.1 Å². The van der Waals surface area contributed by atoms with Crippen LogP contribution in [0.3, 0.4) is 0 Å². The molecule has 0 saturated heterocycles. The van der Waals surface area contributed by atoms with E-state index in [-0.39, 0.29) is 31.1 Å². The van der Waals surface area contributed by atoms with Crippen LogP contribution in [0.4, 0.5) is 0 Å². The van der Waals surface area contributed by atoms with E-state index in [1.165, 1.54) is 12.8 Å². The lowest BCUT2D eigenvalue weighted by Gasteiger charge is -2.42. The largest absolute Gasteiger partial charge is 0.480 e. The number of carboxylic acid groups (broad SMARTS) is 1. The van der Waals surface area contributed by atoms with E-state index in [0.29, 0.717) is 5.92 Å². The molecule has 2 saturated carbocycles. The number of amides is 1. The molecule has 2 N–H and O–H groups in total. The van der Waals surface area contributed by atoms with Gasteiger partial charge in [0, 0.05) is 24.8 Å². The summed E-state index contributed by atoms with van der Waals surface area (Å²) in [5.41, 5.74) is 0. The Morgan fingerprint density at radius 1 is 1.43 bits per heavy atom. The number of hydrogen-bond donors (Lipinski definition) is 2. The first-order valence-electron chi connectivity index (χ1n) is 7.92. The first-order valence-corrected chi connectivity index (χ1v) is 8.72. The van der Waals surface area contributed by atoms with Crippen molar-refractivity contribution >= 4 is 27.8 Å². The van der Waals surface area contributed by atoms with E-state index in [0.717, 1.165) is 23.9 Å². The Bertz CT molecular complexity index is 581. The smallest absolute Gasteiger partial charge is 0.317 e. The fourth-order valence-corrected chi connectivity index (χ4v) is 3.33. The zero-order valence-electron chi connectivity index (χ0n) is 12.8. The molecule has 0 aromatic carbocycles. The molecule has 8 heteroatoms. The maximum atomic E-state index is 12.0. The van der Waals surface area contributed by atoms with Crippen LogP contribution < -0.4 is 5.32 Å². The average Bonchev–Trinajstić information content (AvgIpc) is 3.14. The van der Waals surface area contributed by atoms with Gasteiger partial charge in [0.1, 0.15) is 6.54 Å². The van der Waals surface area contributed by atoms with Crippen molar-refractivity contribution in [2.45, 2.75) is 44.3 Å². The van der Waals surface area contributed by atoms with Gasteiger partial charge >= 0.3 is 5.97 Å². The highest BCUT2D eigenvalue weighted by Crippen LogP contribution is 2.33. The van der Waals surface area contributed by atoms with Gasteiger partial charge in [-0.15, -0.1) is 0 Å². The lowest BCUT2D eigenvalue weighted by atomic mass is 9.85. The molecular weight excluding hydrogens is 364 g/mol. The van der Waals surface area contributed by atoms with Gasteiger partial charge in [-0.1, -0.05) is 0 Å². The summed E-state index contributed by atoms with van der Waals surface area (Å²) in [6, 6.07) is 0.415. The molecule has 0 bridgehead atoms. The molecule has 2 aliphatic carbocycles. The molecule has 2 fully saturated rings. The van der Waals surface area contributed by atoms with Crippen molar-refractivity contribution in [3.05, 3.63) is 16.9 Å². The van der Waals surface area contributed by atoms with Gasteiger partial charge in [0.2, 0.25) is 5.91 Å². The number of carbonyl (C=O) groups excluding carboxylic acids is 1. The second kappa shape index (κ2) is 7.00. The molecule has 0 atom stereocenters. The van der Waals surface area contributed by atoms with E-state index in [4.69, 9.17) is 5.11 Å². The molecule has 7 nitrogen and oxygen atoms in total. The van der Waals surface area contributed by atoms with Gasteiger partial charge in [-0.3, -0.25) is 19.2 Å². The van der Waals surface area contributed by atoms with Gasteiger partial charge in [-0.25, -0.2) is 0 Å². The topological polar surface area (TPSA) is 87.5 Å². The summed E-state index contributed by atoms with van der Waals surface area (Å²) in [6.45, 7) is 1.18. The van der Waals surface area contributed by atoms with E-state index >= 15 is 0 Å². The Morgan fingerprint density at radius 3 is 2.74 bits per heavy atom. The predicted octanol–water partition coefficient (Wildman–Crippen LogP) is 1.09. The third-order valence-corrected chi connectivity index (χ3v) is 4.84. The minimum atomic E-state index is -0.776. The molecule has 126 valence electrons. The highest BCUT2D eigenvalue weighted by molar-refractivity contribution is 9.10. The number of nitrogens with one attached hydrogen (secondary N) is 1. The second-order valence-electron chi connectivity index (χ2n) is 6.51. The van der Waals surface area contributed by atoms with Crippen molar-refractivity contribution in [3.63, 3.8) is 0 Å². The molecular formula is C15H21BrN4O3. The zero-order chi connectivity index (χ0) is 16.4. The van der Waals surface area contributed by atoms with E-state index in [9.17, 15) is 9.59 Å². The summed E-state index contributed by atoms with van der Waals surface area (Å²) in [7, 11) is 0. The third-order valence-electron chi connectivity index (χ3n) is 4.43. The molecule has 1 aromatic rings. The molecule has 3 rings (SSSR count). The fourth-order valence-electron chi connectivity index (χ4n) is 3.00. The van der Waals surface area contributed by atoms with Crippen molar-refractivity contribution < 1.29 is 14.7 Å². The predicted molar refractivity (Wildman–Crippen MR) is 86.8 cm³/mol. The van der Waals surface area contributed by atoms with Crippen molar-refractivity contribution in [1.29, 1.82) is 0 Å². The maximum Gasteiger partial charge on any atom is 0.317 e. The monoisotopic (exact) mass is 384 g/mol. The van der Waals surface area contributed by atoms with Crippen LogP contribution in [-0.4, -0.2) is 56.8 Å². The standard InChI is InChI=1S/C15H21BrN4O3/c16-11-5-17-20(7-11)8-14(21)18-12-3-13(4-12)19(9-15(22)23)6-10-1-2-10/h5,7,10,12-13H,1-4,6,8-9H2,(H,18,21)(H,22,23). The minimum absolute atomic E-state index is 0.0592. The van der Waals surface area contributed by atoms with Gasteiger partial charge in [0.05, 0.1) is 17.2 Å². The third kappa shape index (κ3) is 4.78. The zero-order valence-corrected chi connectivity index (χ0v) is 14.4. The molecule has 1 aromatic heterocycles. The van der Waals surface area contributed by atoms with Gasteiger partial charge in [0.25, 0.3) is 0 Å². The van der Waals surface area contributed by atoms with Crippen LogP contribution in [0, 0.1) is 5.92 Å². The maximum absolute atomic E-state index is 12.0. The van der Waals surface area contributed by atoms with Crippen LogP contribution in [0.2, 0.25) is 0 Å². The van der Waals surface area contributed by atoms with Gasteiger partial charge in [-0.05, 0) is 47.5 Å². The Hall–Kier alpha value is -1.41. The summed E-state index contributed by atoms with van der Waals surface area (Å²) in [5.74, 6) is -0.167. The normalized spacial score (nSPS) is 23.6. The van der Waals surface area contributed by atoms with Crippen LogP contribution in [0.5, 0.6) is 0 Å². The number of aliphatic carboxylic acids is 1. The lowest BCUT2D eigenvalue weighted by molar-refractivity contribution is -0.140. The summed E-state index contributed by atoms with van der Waals surface area (Å²) >= 11 is 3.30. The lowest BCUT2D eigenvalue weighted by Crippen LogP contribution is -2.55. The quantitative estimate of drug-likeness (QED) is 0.700. The number of hydrogen-bond acceptors (Lipinski definition) is 4. The van der Waals surface area contributed by atoms with Crippen LogP contribution in [0.15, 0.2) is 16.9 Å². The molecule has 1 amide bonds. The number of halogens is 1. The average molecular weight is 385 g/mol. The van der Waals surface area contributed by atoms with Crippen molar-refractivity contribution in [2.24, 2.45) is 5.92 Å². The van der Waals surface area contributed by atoms with Crippen molar-refractivity contribution in [3.8, 4) is 0 Å². The molecule has 23 heavy (non-hydrogen) atoms. The second-order valence-corrected chi connectivity index (χ2v) is 7.43. The summed E-state index contributed by atoms with van der Waals surface area (Å²) in [5, 5.41) is 16.1. The molecule has 0 radical (unpaired) electrons. The van der Waals surface area contributed by atoms with Crippen LogP contribution >= 0.6 is 15.9 Å². The number of nitrogens with zero attached hydrogens (tertiary/aromatic N) is 3. The molecule has 0 aliphatic heterocycles. The minimum Gasteiger partial charge on any atom is -0.480 e. The highest BCUT2D eigenvalue weighted by Gasteiger charge is 2.37. The van der Waals surface area contributed by atoms with E-state index < -0.39 is 5.97 Å². The number of aromatic nitrogens is 2.